The number of aromatic nitrogens is 6. The molecule has 0 aliphatic rings. The molecular formula is C19H19Cl2N7. The van der Waals surface area contributed by atoms with Crippen LogP contribution in [0.2, 0.25) is 0 Å². The molecule has 9 heteroatoms. The number of hydrogen-bond acceptors (Lipinski definition) is 5. The lowest BCUT2D eigenvalue weighted by Gasteiger charge is -2.10. The molecule has 0 aromatic carbocycles. The number of nitriles is 1. The summed E-state index contributed by atoms with van der Waals surface area (Å²) in [5.74, 6) is 1.64. The van der Waals surface area contributed by atoms with E-state index in [2.05, 4.69) is 32.5 Å². The third kappa shape index (κ3) is 3.98. The van der Waals surface area contributed by atoms with Crippen LogP contribution in [0.4, 0.5) is 0 Å². The lowest BCUT2D eigenvalue weighted by molar-refractivity contribution is 0.623. The fraction of sp³-hybridized carbons (Fsp3) is 0.211. The normalized spacial score (nSPS) is 10.1. The first-order valence-electron chi connectivity index (χ1n) is 8.48. The number of pyridine rings is 2. The van der Waals surface area contributed by atoms with E-state index in [0.29, 0.717) is 23.6 Å². The fourth-order valence-electron chi connectivity index (χ4n) is 3.03. The van der Waals surface area contributed by atoms with Gasteiger partial charge in [0, 0.05) is 31.3 Å². The Labute approximate surface area is 174 Å². The number of nitrogens with zero attached hydrogens (tertiary/aromatic N) is 7. The molecule has 28 heavy (non-hydrogen) atoms. The molecule has 4 aromatic heterocycles. The molecule has 0 aliphatic carbocycles. The van der Waals surface area contributed by atoms with E-state index in [1.54, 1.807) is 30.7 Å². The van der Waals surface area contributed by atoms with Crippen molar-refractivity contribution in [3.63, 3.8) is 0 Å². The summed E-state index contributed by atoms with van der Waals surface area (Å²) in [5.41, 5.74) is 3.02. The summed E-state index contributed by atoms with van der Waals surface area (Å²) in [6.45, 7) is 3.55. The number of fused-ring (bicyclic) bond motifs is 1. The molecule has 0 saturated heterocycles. The quantitative estimate of drug-likeness (QED) is 0.493. The van der Waals surface area contributed by atoms with Crippen molar-refractivity contribution in [1.29, 1.82) is 5.26 Å². The van der Waals surface area contributed by atoms with Gasteiger partial charge in [-0.1, -0.05) is 6.92 Å². The highest BCUT2D eigenvalue weighted by Gasteiger charge is 2.14. The molecule has 0 amide bonds. The maximum Gasteiger partial charge on any atom is 0.160 e. The maximum atomic E-state index is 9.11. The van der Waals surface area contributed by atoms with Crippen LogP contribution in [0, 0.1) is 11.3 Å². The number of rotatable bonds is 5. The molecular weight excluding hydrogens is 397 g/mol. The summed E-state index contributed by atoms with van der Waals surface area (Å²) in [5, 5.41) is 9.11. The lowest BCUT2D eigenvalue weighted by Crippen LogP contribution is -2.10. The Bertz CT molecular complexity index is 1110. The standard InChI is InChI=1S/C19H17N7.2ClH/c1-2-9-26-17(24-15-4-3-6-22-19(15)26)13-25-10-8-23-18(25)16-11-14(12-20)5-7-21-16;;/h3-8,10-11H,2,9,13H2,1H3;2*1H. The van der Waals surface area contributed by atoms with E-state index in [0.717, 1.165) is 30.0 Å². The molecule has 7 nitrogen and oxygen atoms in total. The first kappa shape index (κ1) is 21.4. The molecule has 0 aliphatic heterocycles. The van der Waals surface area contributed by atoms with Gasteiger partial charge < -0.3 is 9.13 Å². The van der Waals surface area contributed by atoms with Crippen LogP contribution < -0.4 is 0 Å². The highest BCUT2D eigenvalue weighted by Crippen LogP contribution is 2.20. The molecule has 0 radical (unpaired) electrons. The number of aryl methyl sites for hydroxylation is 1. The summed E-state index contributed by atoms with van der Waals surface area (Å²) in [4.78, 5) is 18.0. The van der Waals surface area contributed by atoms with Crippen LogP contribution in [-0.2, 0) is 13.1 Å². The number of hydrogen-bond donors (Lipinski definition) is 0. The van der Waals surface area contributed by atoms with Crippen molar-refractivity contribution in [1.82, 2.24) is 29.1 Å². The van der Waals surface area contributed by atoms with E-state index in [1.807, 2.05) is 22.9 Å². The predicted octanol–water partition coefficient (Wildman–Crippen LogP) is 3.86. The monoisotopic (exact) mass is 415 g/mol. The summed E-state index contributed by atoms with van der Waals surface area (Å²) in [6, 6.07) is 9.44. The minimum atomic E-state index is 0. The van der Waals surface area contributed by atoms with Gasteiger partial charge >= 0.3 is 0 Å². The van der Waals surface area contributed by atoms with Gasteiger partial charge in [-0.2, -0.15) is 5.26 Å². The van der Waals surface area contributed by atoms with Crippen LogP contribution in [0.5, 0.6) is 0 Å². The van der Waals surface area contributed by atoms with Crippen molar-refractivity contribution < 1.29 is 0 Å². The Morgan fingerprint density at radius 2 is 1.93 bits per heavy atom. The number of imidazole rings is 2. The minimum Gasteiger partial charge on any atom is -0.322 e. The zero-order valence-electron chi connectivity index (χ0n) is 15.2. The molecule has 0 spiro atoms. The molecule has 4 heterocycles. The van der Waals surface area contributed by atoms with Crippen molar-refractivity contribution >= 4 is 36.0 Å². The summed E-state index contributed by atoms with van der Waals surface area (Å²) >= 11 is 0. The van der Waals surface area contributed by atoms with Crippen molar-refractivity contribution in [2.24, 2.45) is 0 Å². The smallest absolute Gasteiger partial charge is 0.160 e. The summed E-state index contributed by atoms with van der Waals surface area (Å²) in [7, 11) is 0. The van der Waals surface area contributed by atoms with Gasteiger partial charge in [-0.05, 0) is 30.7 Å². The lowest BCUT2D eigenvalue weighted by atomic mass is 10.2. The van der Waals surface area contributed by atoms with Gasteiger partial charge in [-0.25, -0.2) is 15.0 Å². The average molecular weight is 416 g/mol. The molecule has 4 rings (SSSR count). The van der Waals surface area contributed by atoms with E-state index in [4.69, 9.17) is 10.2 Å². The van der Waals surface area contributed by atoms with Gasteiger partial charge in [0.2, 0.25) is 0 Å². The summed E-state index contributed by atoms with van der Waals surface area (Å²) < 4.78 is 4.15. The zero-order valence-corrected chi connectivity index (χ0v) is 16.8. The first-order valence-corrected chi connectivity index (χ1v) is 8.48. The Hall–Kier alpha value is -2.95. The van der Waals surface area contributed by atoms with Crippen molar-refractivity contribution in [2.45, 2.75) is 26.4 Å². The van der Waals surface area contributed by atoms with Crippen molar-refractivity contribution in [3.8, 4) is 17.6 Å². The van der Waals surface area contributed by atoms with Gasteiger partial charge in [-0.15, -0.1) is 24.8 Å². The Balaban J connectivity index is 0.00000140. The van der Waals surface area contributed by atoms with E-state index in [9.17, 15) is 0 Å². The Morgan fingerprint density at radius 3 is 2.71 bits per heavy atom. The molecule has 0 saturated carbocycles. The molecule has 0 bridgehead atoms. The van der Waals surface area contributed by atoms with Crippen LogP contribution in [-0.4, -0.2) is 29.1 Å². The predicted molar refractivity (Wildman–Crippen MR) is 112 cm³/mol. The van der Waals surface area contributed by atoms with Gasteiger partial charge in [0.15, 0.2) is 11.5 Å². The zero-order chi connectivity index (χ0) is 17.9. The summed E-state index contributed by atoms with van der Waals surface area (Å²) in [6.07, 6.45) is 8.06. The largest absolute Gasteiger partial charge is 0.322 e. The Morgan fingerprint density at radius 1 is 1.07 bits per heavy atom. The fourth-order valence-corrected chi connectivity index (χ4v) is 3.03. The van der Waals surface area contributed by atoms with Gasteiger partial charge in [0.1, 0.15) is 17.0 Å². The molecule has 144 valence electrons. The highest BCUT2D eigenvalue weighted by atomic mass is 35.5. The van der Waals surface area contributed by atoms with E-state index in [1.165, 1.54) is 0 Å². The van der Waals surface area contributed by atoms with E-state index < -0.39 is 0 Å². The second-order valence-corrected chi connectivity index (χ2v) is 5.95. The molecule has 0 atom stereocenters. The van der Waals surface area contributed by atoms with Crippen LogP contribution in [0.25, 0.3) is 22.7 Å². The van der Waals surface area contributed by atoms with E-state index >= 15 is 0 Å². The van der Waals surface area contributed by atoms with Crippen LogP contribution >= 0.6 is 24.8 Å². The van der Waals surface area contributed by atoms with Gasteiger partial charge in [0.25, 0.3) is 0 Å². The van der Waals surface area contributed by atoms with Crippen LogP contribution in [0.1, 0.15) is 24.7 Å². The van der Waals surface area contributed by atoms with Crippen LogP contribution in [0.3, 0.4) is 0 Å². The molecule has 0 fully saturated rings. The molecule has 0 N–H and O–H groups in total. The first-order chi connectivity index (χ1) is 12.8. The SMILES string of the molecule is CCCn1c(Cn2ccnc2-c2cc(C#N)ccn2)nc2cccnc21.Cl.Cl. The average Bonchev–Trinajstić information content (AvgIpc) is 3.27. The van der Waals surface area contributed by atoms with Crippen molar-refractivity contribution in [3.05, 3.63) is 60.4 Å². The topological polar surface area (TPSA) is 85.2 Å². The third-order valence-electron chi connectivity index (χ3n) is 4.18. The highest BCUT2D eigenvalue weighted by molar-refractivity contribution is 5.85. The second-order valence-electron chi connectivity index (χ2n) is 5.95. The minimum absolute atomic E-state index is 0. The second kappa shape index (κ2) is 9.31. The van der Waals surface area contributed by atoms with E-state index in [-0.39, 0.29) is 24.8 Å². The van der Waals surface area contributed by atoms with Gasteiger partial charge in [0.05, 0.1) is 18.2 Å². The third-order valence-corrected chi connectivity index (χ3v) is 4.18. The number of halogens is 2. The Kier molecular flexibility index (Phi) is 7.10. The van der Waals surface area contributed by atoms with Crippen LogP contribution in [0.15, 0.2) is 49.1 Å². The van der Waals surface area contributed by atoms with Gasteiger partial charge in [-0.3, -0.25) is 4.98 Å². The molecule has 0 unspecified atom stereocenters. The van der Waals surface area contributed by atoms with Crippen molar-refractivity contribution in [2.75, 3.05) is 0 Å². The molecule has 4 aromatic rings. The maximum absolute atomic E-state index is 9.11.